The Morgan fingerprint density at radius 2 is 1.91 bits per heavy atom. The number of hydrogen-bond donors (Lipinski definition) is 1. The third kappa shape index (κ3) is 3.66. The molecule has 1 aliphatic heterocycles. The number of aryl methyl sites for hydroxylation is 1. The van der Waals surface area contributed by atoms with E-state index >= 15 is 0 Å². The van der Waals surface area contributed by atoms with E-state index in [0.717, 1.165) is 18.7 Å². The van der Waals surface area contributed by atoms with Gasteiger partial charge >= 0.3 is 0 Å². The zero-order valence-corrected chi connectivity index (χ0v) is 14.0. The molecule has 2 heterocycles. The van der Waals surface area contributed by atoms with E-state index in [9.17, 15) is 9.90 Å². The van der Waals surface area contributed by atoms with Gasteiger partial charge in [0.25, 0.3) is 0 Å². The second kappa shape index (κ2) is 6.87. The van der Waals surface area contributed by atoms with Crippen LogP contribution in [0.25, 0.3) is 0 Å². The summed E-state index contributed by atoms with van der Waals surface area (Å²) in [6.45, 7) is 2.71. The topological polar surface area (TPSA) is 45.5 Å². The lowest BCUT2D eigenvalue weighted by Gasteiger charge is -2.18. The molecule has 5 heteroatoms. The maximum atomic E-state index is 12.6. The van der Waals surface area contributed by atoms with E-state index in [2.05, 4.69) is 4.90 Å². The molecule has 0 aliphatic carbocycles. The number of carbonyl (C=O) groups is 1. The number of nitrogens with zero attached hydrogens (tertiary/aromatic N) is 2. The summed E-state index contributed by atoms with van der Waals surface area (Å²) in [6.07, 6.45) is 3.67. The zero-order chi connectivity index (χ0) is 16.4. The van der Waals surface area contributed by atoms with Crippen LogP contribution >= 0.6 is 11.6 Å². The van der Waals surface area contributed by atoms with Crippen molar-refractivity contribution in [1.82, 2.24) is 9.47 Å². The molecule has 0 radical (unpaired) electrons. The average molecular weight is 333 g/mol. The molecule has 1 saturated heterocycles. The molecular weight excluding hydrogens is 312 g/mol. The first kappa shape index (κ1) is 16.2. The molecule has 23 heavy (non-hydrogen) atoms. The van der Waals surface area contributed by atoms with Crippen LogP contribution in [0.5, 0.6) is 0 Å². The number of benzene rings is 1. The quantitative estimate of drug-likeness (QED) is 0.856. The van der Waals surface area contributed by atoms with Crippen LogP contribution in [0.15, 0.2) is 36.5 Å². The number of likely N-dealkylation sites (tertiary alicyclic amines) is 1. The predicted octanol–water partition coefficient (Wildman–Crippen LogP) is 3.04. The van der Waals surface area contributed by atoms with Crippen molar-refractivity contribution < 1.29 is 9.90 Å². The van der Waals surface area contributed by atoms with E-state index in [0.29, 0.717) is 22.8 Å². The van der Waals surface area contributed by atoms with Crippen molar-refractivity contribution in [3.05, 3.63) is 58.4 Å². The second-order valence-corrected chi connectivity index (χ2v) is 6.57. The van der Waals surface area contributed by atoms with Crippen molar-refractivity contribution in [2.75, 3.05) is 19.6 Å². The first-order valence-electron chi connectivity index (χ1n) is 7.91. The van der Waals surface area contributed by atoms with Crippen molar-refractivity contribution >= 4 is 17.4 Å². The van der Waals surface area contributed by atoms with Gasteiger partial charge in [0.05, 0.1) is 11.8 Å². The molecule has 1 aliphatic rings. The number of hydrogen-bond acceptors (Lipinski definition) is 3. The molecule has 122 valence electrons. The second-order valence-electron chi connectivity index (χ2n) is 6.13. The fourth-order valence-electron chi connectivity index (χ4n) is 3.06. The highest BCUT2D eigenvalue weighted by atomic mass is 35.5. The van der Waals surface area contributed by atoms with Gasteiger partial charge in [-0.1, -0.05) is 11.6 Å². The molecule has 1 unspecified atom stereocenters. The molecule has 1 aromatic carbocycles. The molecule has 1 N–H and O–H groups in total. The van der Waals surface area contributed by atoms with E-state index in [1.807, 2.05) is 13.2 Å². The Hall–Kier alpha value is -1.62. The fraction of sp³-hybridized carbons (Fsp3) is 0.389. The third-order valence-corrected chi connectivity index (χ3v) is 4.63. The van der Waals surface area contributed by atoms with Crippen molar-refractivity contribution in [3.8, 4) is 0 Å². The molecule has 4 nitrogen and oxygen atoms in total. The Morgan fingerprint density at radius 1 is 1.26 bits per heavy atom. The van der Waals surface area contributed by atoms with Gasteiger partial charge in [0.15, 0.2) is 0 Å². The summed E-state index contributed by atoms with van der Waals surface area (Å²) < 4.78 is 1.78. The number of halogens is 1. The molecule has 3 rings (SSSR count). The number of carbonyl (C=O) groups excluding carboxylic acids is 1. The first-order chi connectivity index (χ1) is 11.0. The molecule has 1 fully saturated rings. The van der Waals surface area contributed by atoms with Crippen LogP contribution in [0.3, 0.4) is 0 Å². The fourth-order valence-corrected chi connectivity index (χ4v) is 3.19. The number of aromatic nitrogens is 1. The summed E-state index contributed by atoms with van der Waals surface area (Å²) in [5.41, 5.74) is 1.95. The predicted molar refractivity (Wildman–Crippen MR) is 90.9 cm³/mol. The smallest absolute Gasteiger partial charge is 0.209 e. The van der Waals surface area contributed by atoms with Gasteiger partial charge in [0, 0.05) is 35.9 Å². The standard InChI is InChI=1S/C18H21ClN2O2/c1-20-11-14(17(22)12-21-8-2-3-9-21)10-16(20)18(23)13-4-6-15(19)7-5-13/h4-7,10-11,17,22H,2-3,8-9,12H2,1H3. The van der Waals surface area contributed by atoms with Crippen LogP contribution in [0.2, 0.25) is 5.02 Å². The number of ketones is 1. The molecule has 2 aromatic rings. The van der Waals surface area contributed by atoms with Gasteiger partial charge in [-0.25, -0.2) is 0 Å². The summed E-state index contributed by atoms with van der Waals surface area (Å²) in [4.78, 5) is 14.9. The largest absolute Gasteiger partial charge is 0.387 e. The summed E-state index contributed by atoms with van der Waals surface area (Å²) in [5.74, 6) is -0.0659. The Labute approximate surface area is 141 Å². The van der Waals surface area contributed by atoms with E-state index in [1.165, 1.54) is 12.8 Å². The monoisotopic (exact) mass is 332 g/mol. The van der Waals surface area contributed by atoms with E-state index in [-0.39, 0.29) is 5.78 Å². The van der Waals surface area contributed by atoms with Gasteiger partial charge in [0.2, 0.25) is 5.78 Å². The highest BCUT2D eigenvalue weighted by Gasteiger charge is 2.21. The highest BCUT2D eigenvalue weighted by molar-refractivity contribution is 6.30. The number of β-amino-alcohol motifs (C(OH)–C–C–N with tert-alkyl or cyclic N) is 1. The first-order valence-corrected chi connectivity index (χ1v) is 8.29. The molecule has 0 spiro atoms. The lowest BCUT2D eigenvalue weighted by molar-refractivity contribution is 0.103. The lowest BCUT2D eigenvalue weighted by Crippen LogP contribution is -2.25. The maximum Gasteiger partial charge on any atom is 0.209 e. The highest BCUT2D eigenvalue weighted by Crippen LogP contribution is 2.22. The lowest BCUT2D eigenvalue weighted by atomic mass is 10.1. The van der Waals surface area contributed by atoms with Gasteiger partial charge < -0.3 is 14.6 Å². The van der Waals surface area contributed by atoms with Gasteiger partial charge in [0.1, 0.15) is 0 Å². The number of aliphatic hydroxyl groups is 1. The Balaban J connectivity index is 1.77. The average Bonchev–Trinajstić information content (AvgIpc) is 3.17. The van der Waals surface area contributed by atoms with Crippen molar-refractivity contribution in [2.24, 2.45) is 7.05 Å². The van der Waals surface area contributed by atoms with Crippen LogP contribution in [0, 0.1) is 0 Å². The Kier molecular flexibility index (Phi) is 4.85. The van der Waals surface area contributed by atoms with E-state index < -0.39 is 6.10 Å². The van der Waals surface area contributed by atoms with Gasteiger partial charge in [-0.15, -0.1) is 0 Å². The minimum atomic E-state index is -0.564. The summed E-state index contributed by atoms with van der Waals surface area (Å²) in [7, 11) is 1.83. The number of rotatable bonds is 5. The molecule has 0 saturated carbocycles. The summed E-state index contributed by atoms with van der Waals surface area (Å²) >= 11 is 5.87. The Morgan fingerprint density at radius 3 is 2.57 bits per heavy atom. The van der Waals surface area contributed by atoms with Crippen LogP contribution in [-0.2, 0) is 7.05 Å². The Bertz CT molecular complexity index is 688. The van der Waals surface area contributed by atoms with Crippen molar-refractivity contribution in [1.29, 1.82) is 0 Å². The molecule has 0 amide bonds. The summed E-state index contributed by atoms with van der Waals surface area (Å²) in [5, 5.41) is 11.0. The zero-order valence-electron chi connectivity index (χ0n) is 13.2. The van der Waals surface area contributed by atoms with Crippen LogP contribution in [0.4, 0.5) is 0 Å². The summed E-state index contributed by atoms with van der Waals surface area (Å²) in [6, 6.07) is 8.65. The van der Waals surface area contributed by atoms with Crippen LogP contribution < -0.4 is 0 Å². The molecular formula is C18H21ClN2O2. The van der Waals surface area contributed by atoms with E-state index in [1.54, 1.807) is 34.9 Å². The molecule has 1 atom stereocenters. The van der Waals surface area contributed by atoms with Gasteiger partial charge in [-0.05, 0) is 56.3 Å². The van der Waals surface area contributed by atoms with Crippen LogP contribution in [0.1, 0.15) is 40.6 Å². The van der Waals surface area contributed by atoms with Gasteiger partial charge in [-0.2, -0.15) is 0 Å². The molecule has 1 aromatic heterocycles. The minimum absolute atomic E-state index is 0.0659. The van der Waals surface area contributed by atoms with Crippen LogP contribution in [-0.4, -0.2) is 40.0 Å². The molecule has 0 bridgehead atoms. The SMILES string of the molecule is Cn1cc(C(O)CN2CCCC2)cc1C(=O)c1ccc(Cl)cc1. The van der Waals surface area contributed by atoms with E-state index in [4.69, 9.17) is 11.6 Å². The normalized spacial score (nSPS) is 16.7. The minimum Gasteiger partial charge on any atom is -0.387 e. The van der Waals surface area contributed by atoms with Crippen molar-refractivity contribution in [3.63, 3.8) is 0 Å². The van der Waals surface area contributed by atoms with Gasteiger partial charge in [-0.3, -0.25) is 4.79 Å². The van der Waals surface area contributed by atoms with Crippen molar-refractivity contribution in [2.45, 2.75) is 18.9 Å². The maximum absolute atomic E-state index is 12.6. The number of aliphatic hydroxyl groups excluding tert-OH is 1. The third-order valence-electron chi connectivity index (χ3n) is 4.38.